The summed E-state index contributed by atoms with van der Waals surface area (Å²) in [4.78, 5) is 0. The van der Waals surface area contributed by atoms with E-state index in [0.717, 1.165) is 11.3 Å². The van der Waals surface area contributed by atoms with E-state index in [1.807, 2.05) is 24.3 Å². The Hall–Kier alpha value is -0.400. The third-order valence-corrected chi connectivity index (χ3v) is 2.62. The van der Waals surface area contributed by atoms with Crippen molar-refractivity contribution in [1.82, 2.24) is 0 Å². The second kappa shape index (κ2) is 2.58. The van der Waals surface area contributed by atoms with E-state index >= 15 is 0 Å². The van der Waals surface area contributed by atoms with Crippen molar-refractivity contribution < 1.29 is 4.74 Å². The third-order valence-electron chi connectivity index (χ3n) is 1.69. The number of hydrogen-bond donors (Lipinski definition) is 0. The first kappa shape index (κ1) is 7.26. The van der Waals surface area contributed by atoms with E-state index in [-0.39, 0.29) is 5.38 Å². The van der Waals surface area contributed by atoms with Crippen LogP contribution in [-0.2, 0) is 0 Å². The van der Waals surface area contributed by atoms with Gasteiger partial charge in [-0.3, -0.25) is 0 Å². The average Bonchev–Trinajstić information content (AvgIpc) is 2.30. The van der Waals surface area contributed by atoms with Crippen molar-refractivity contribution >= 4 is 23.2 Å². The molecule has 0 bridgehead atoms. The van der Waals surface area contributed by atoms with Crippen molar-refractivity contribution in [2.75, 3.05) is 0 Å². The Morgan fingerprint density at radius 3 is 2.64 bits per heavy atom. The van der Waals surface area contributed by atoms with Crippen LogP contribution in [0.1, 0.15) is 10.9 Å². The maximum absolute atomic E-state index is 5.94. The molecule has 2 atom stereocenters. The molecule has 11 heavy (non-hydrogen) atoms. The predicted molar refractivity (Wildman–Crippen MR) is 45.3 cm³/mol. The Labute approximate surface area is 74.9 Å². The maximum atomic E-state index is 5.94. The molecule has 0 saturated carbocycles. The highest BCUT2D eigenvalue weighted by Gasteiger charge is 2.30. The molecule has 0 spiro atoms. The summed E-state index contributed by atoms with van der Waals surface area (Å²) in [6, 6.07) is 7.62. The first-order valence-corrected chi connectivity index (χ1v) is 4.20. The van der Waals surface area contributed by atoms with Crippen LogP contribution in [0.4, 0.5) is 0 Å². The van der Waals surface area contributed by atoms with Gasteiger partial charge in [0.25, 0.3) is 0 Å². The van der Waals surface area contributed by atoms with E-state index in [1.165, 1.54) is 0 Å². The van der Waals surface area contributed by atoms with Crippen molar-refractivity contribution in [2.45, 2.75) is 10.9 Å². The summed E-state index contributed by atoms with van der Waals surface area (Å²) in [5.41, 5.74) is 0.559. The van der Waals surface area contributed by atoms with Crippen molar-refractivity contribution in [3.63, 3.8) is 0 Å². The second-order valence-electron chi connectivity index (χ2n) is 2.41. The van der Waals surface area contributed by atoms with E-state index < -0.39 is 5.56 Å². The van der Waals surface area contributed by atoms with Gasteiger partial charge in [-0.2, -0.15) is 0 Å². The van der Waals surface area contributed by atoms with Gasteiger partial charge in [0.2, 0.25) is 0 Å². The third kappa shape index (κ3) is 1.09. The summed E-state index contributed by atoms with van der Waals surface area (Å²) in [6.45, 7) is 0. The monoisotopic (exact) mass is 188 g/mol. The summed E-state index contributed by atoms with van der Waals surface area (Å²) in [5.74, 6) is 0.799. The maximum Gasteiger partial charge on any atom is 0.192 e. The zero-order valence-electron chi connectivity index (χ0n) is 5.63. The van der Waals surface area contributed by atoms with Crippen LogP contribution < -0.4 is 4.74 Å². The van der Waals surface area contributed by atoms with Gasteiger partial charge in [-0.15, -0.1) is 11.6 Å². The van der Waals surface area contributed by atoms with Gasteiger partial charge < -0.3 is 4.74 Å². The summed E-state index contributed by atoms with van der Waals surface area (Å²) >= 11 is 11.7. The van der Waals surface area contributed by atoms with Gasteiger partial charge in [-0.05, 0) is 6.07 Å². The molecule has 0 aromatic heterocycles. The van der Waals surface area contributed by atoms with E-state index in [1.54, 1.807) is 0 Å². The van der Waals surface area contributed by atoms with Gasteiger partial charge >= 0.3 is 0 Å². The van der Waals surface area contributed by atoms with Crippen molar-refractivity contribution in [1.29, 1.82) is 0 Å². The summed E-state index contributed by atoms with van der Waals surface area (Å²) in [7, 11) is 0. The number of ether oxygens (including phenoxy) is 1. The predicted octanol–water partition coefficient (Wildman–Crippen LogP) is 2.92. The fourth-order valence-electron chi connectivity index (χ4n) is 1.14. The minimum atomic E-state index is -0.422. The second-order valence-corrected chi connectivity index (χ2v) is 3.31. The number of fused-ring (bicyclic) bond motifs is 1. The molecule has 3 heteroatoms. The summed E-state index contributed by atoms with van der Waals surface area (Å²) < 4.78 is 5.25. The molecule has 2 rings (SSSR count). The fraction of sp³-hybridized carbons (Fsp3) is 0.250. The zero-order valence-corrected chi connectivity index (χ0v) is 7.14. The molecule has 0 N–H and O–H groups in total. The lowest BCUT2D eigenvalue weighted by Crippen LogP contribution is -2.04. The van der Waals surface area contributed by atoms with E-state index in [9.17, 15) is 0 Å². The number of hydrogen-bond acceptors (Lipinski definition) is 1. The summed E-state index contributed by atoms with van der Waals surface area (Å²) in [6.07, 6.45) is 0. The highest BCUT2D eigenvalue weighted by atomic mass is 35.5. The molecular weight excluding hydrogens is 183 g/mol. The topological polar surface area (TPSA) is 9.23 Å². The molecule has 1 aliphatic heterocycles. The first-order valence-electron chi connectivity index (χ1n) is 3.33. The standard InChI is InChI=1S/C8H6Cl2O/c9-7-5-3-1-2-4-6(5)11-8(7)10/h1-4,7-8H. The molecule has 0 saturated heterocycles. The molecule has 0 radical (unpaired) electrons. The smallest absolute Gasteiger partial charge is 0.192 e. The molecule has 1 nitrogen and oxygen atoms in total. The molecule has 0 aliphatic carbocycles. The highest BCUT2D eigenvalue weighted by Crippen LogP contribution is 2.41. The molecule has 0 fully saturated rings. The lowest BCUT2D eigenvalue weighted by molar-refractivity contribution is 0.312. The van der Waals surface area contributed by atoms with Gasteiger partial charge in [0.05, 0.1) is 0 Å². The first-order chi connectivity index (χ1) is 5.29. The minimum absolute atomic E-state index is 0.215. The largest absolute Gasteiger partial charge is 0.472 e. The molecular formula is C8H6Cl2O. The van der Waals surface area contributed by atoms with Crippen molar-refractivity contribution in [2.24, 2.45) is 0 Å². The molecule has 58 valence electrons. The summed E-state index contributed by atoms with van der Waals surface area (Å²) in [5, 5.41) is -0.215. The van der Waals surface area contributed by atoms with Gasteiger partial charge in [-0.25, -0.2) is 0 Å². The molecule has 2 unspecified atom stereocenters. The van der Waals surface area contributed by atoms with Crippen molar-refractivity contribution in [3.05, 3.63) is 29.8 Å². The van der Waals surface area contributed by atoms with Gasteiger partial charge in [0.15, 0.2) is 5.56 Å². The van der Waals surface area contributed by atoms with Crippen LogP contribution in [0.3, 0.4) is 0 Å². The lowest BCUT2D eigenvalue weighted by atomic mass is 10.2. The Balaban J connectivity index is 2.47. The Morgan fingerprint density at radius 1 is 1.18 bits per heavy atom. The molecule has 1 aliphatic rings. The number of halogens is 2. The van der Waals surface area contributed by atoms with Crippen LogP contribution >= 0.6 is 23.2 Å². The van der Waals surface area contributed by atoms with Crippen LogP contribution in [0.15, 0.2) is 24.3 Å². The molecule has 1 aromatic carbocycles. The lowest BCUT2D eigenvalue weighted by Gasteiger charge is -2.02. The minimum Gasteiger partial charge on any atom is -0.472 e. The van der Waals surface area contributed by atoms with Crippen LogP contribution in [0.2, 0.25) is 0 Å². The number of alkyl halides is 2. The van der Waals surface area contributed by atoms with E-state index in [2.05, 4.69) is 0 Å². The van der Waals surface area contributed by atoms with Gasteiger partial charge in [0.1, 0.15) is 11.1 Å². The molecule has 1 aromatic rings. The van der Waals surface area contributed by atoms with Gasteiger partial charge in [-0.1, -0.05) is 29.8 Å². The Morgan fingerprint density at radius 2 is 1.91 bits per heavy atom. The van der Waals surface area contributed by atoms with Crippen LogP contribution in [-0.4, -0.2) is 5.56 Å². The quantitative estimate of drug-likeness (QED) is 0.570. The molecule has 0 amide bonds. The average molecular weight is 189 g/mol. The highest BCUT2D eigenvalue weighted by molar-refractivity contribution is 6.30. The number of rotatable bonds is 0. The number of para-hydroxylation sites is 1. The van der Waals surface area contributed by atoms with Crippen LogP contribution in [0.25, 0.3) is 0 Å². The zero-order chi connectivity index (χ0) is 7.84. The van der Waals surface area contributed by atoms with Gasteiger partial charge in [0, 0.05) is 5.56 Å². The molecule has 1 heterocycles. The van der Waals surface area contributed by atoms with E-state index in [0.29, 0.717) is 0 Å². The van der Waals surface area contributed by atoms with Crippen LogP contribution in [0, 0.1) is 0 Å². The normalized spacial score (nSPS) is 27.8. The van der Waals surface area contributed by atoms with Crippen LogP contribution in [0.5, 0.6) is 5.75 Å². The fourth-order valence-corrected chi connectivity index (χ4v) is 1.60. The number of benzene rings is 1. The Kier molecular flexibility index (Phi) is 1.70. The van der Waals surface area contributed by atoms with E-state index in [4.69, 9.17) is 27.9 Å². The SMILES string of the molecule is ClC1Oc2ccccc2C1Cl. The Bertz CT molecular complexity index is 275. The van der Waals surface area contributed by atoms with Crippen molar-refractivity contribution in [3.8, 4) is 5.75 Å².